The first-order valence-corrected chi connectivity index (χ1v) is 7.73. The third-order valence-corrected chi connectivity index (χ3v) is 3.64. The van der Waals surface area contributed by atoms with Gasteiger partial charge in [-0.25, -0.2) is 4.79 Å². The number of esters is 1. The molecule has 120 valence electrons. The van der Waals surface area contributed by atoms with E-state index in [1.807, 2.05) is 13.0 Å². The average Bonchev–Trinajstić information content (AvgIpc) is 2.92. The zero-order chi connectivity index (χ0) is 16.2. The Bertz CT molecular complexity index is 529. The van der Waals surface area contributed by atoms with Gasteiger partial charge >= 0.3 is 5.97 Å². The predicted octanol–water partition coefficient (Wildman–Crippen LogP) is 2.61. The lowest BCUT2D eigenvalue weighted by Gasteiger charge is -2.36. The molecule has 1 heterocycles. The Morgan fingerprint density at radius 1 is 1.27 bits per heavy atom. The Hall–Kier alpha value is -1.88. The molecule has 0 unspecified atom stereocenters. The number of amides is 1. The van der Waals surface area contributed by atoms with Gasteiger partial charge in [0.25, 0.3) is 5.91 Å². The van der Waals surface area contributed by atoms with E-state index in [2.05, 4.69) is 0 Å². The zero-order valence-corrected chi connectivity index (χ0v) is 13.4. The van der Waals surface area contributed by atoms with E-state index >= 15 is 0 Å². The van der Waals surface area contributed by atoms with Crippen LogP contribution in [0, 0.1) is 0 Å². The van der Waals surface area contributed by atoms with Crippen LogP contribution >= 0.6 is 0 Å². The van der Waals surface area contributed by atoms with Gasteiger partial charge in [-0.15, -0.1) is 0 Å². The number of nitrogens with zero attached hydrogens (tertiary/aromatic N) is 1. The highest BCUT2D eigenvalue weighted by Gasteiger charge is 2.52. The van der Waals surface area contributed by atoms with Crippen molar-refractivity contribution >= 4 is 11.9 Å². The molecule has 0 bridgehead atoms. The minimum Gasteiger partial charge on any atom is -0.459 e. The Labute approximate surface area is 131 Å². The van der Waals surface area contributed by atoms with Gasteiger partial charge in [0.15, 0.2) is 0 Å². The van der Waals surface area contributed by atoms with E-state index in [0.29, 0.717) is 31.6 Å². The second kappa shape index (κ2) is 6.92. The van der Waals surface area contributed by atoms with E-state index < -0.39 is 11.7 Å². The fraction of sp³-hybridized carbons (Fsp3) is 0.529. The number of likely N-dealkylation sites (tertiary alicyclic amines) is 1. The summed E-state index contributed by atoms with van der Waals surface area (Å²) in [6, 6.07) is 8.94. The number of hydrogen-bond donors (Lipinski definition) is 0. The monoisotopic (exact) mass is 305 g/mol. The Balaban J connectivity index is 2.31. The summed E-state index contributed by atoms with van der Waals surface area (Å²) in [7, 11) is 0. The molecule has 22 heavy (non-hydrogen) atoms. The lowest BCUT2D eigenvalue weighted by Crippen LogP contribution is -2.56. The fourth-order valence-corrected chi connectivity index (χ4v) is 2.76. The third kappa shape index (κ3) is 3.14. The maximum absolute atomic E-state index is 12.8. The second-order valence-electron chi connectivity index (χ2n) is 5.60. The lowest BCUT2D eigenvalue weighted by molar-refractivity contribution is -0.193. The lowest BCUT2D eigenvalue weighted by atomic mass is 10.1. The highest BCUT2D eigenvalue weighted by molar-refractivity contribution is 5.98. The van der Waals surface area contributed by atoms with Crippen LogP contribution in [0.4, 0.5) is 0 Å². The first-order valence-electron chi connectivity index (χ1n) is 7.73. The summed E-state index contributed by atoms with van der Waals surface area (Å²) in [5.74, 6) is -0.682. The normalized spacial score (nSPS) is 21.2. The molecule has 0 saturated carbocycles. The van der Waals surface area contributed by atoms with Gasteiger partial charge in [-0.3, -0.25) is 4.79 Å². The van der Waals surface area contributed by atoms with Crippen molar-refractivity contribution in [2.45, 2.75) is 45.4 Å². The minimum absolute atomic E-state index is 0.202. The summed E-state index contributed by atoms with van der Waals surface area (Å²) in [6.45, 7) is 6.21. The molecule has 0 radical (unpaired) electrons. The number of ether oxygens (including phenoxy) is 2. The molecule has 0 aliphatic carbocycles. The molecule has 1 atom stereocenters. The van der Waals surface area contributed by atoms with Crippen LogP contribution in [0.1, 0.15) is 44.0 Å². The number of hydrogen-bond acceptors (Lipinski definition) is 4. The summed E-state index contributed by atoms with van der Waals surface area (Å²) < 4.78 is 11.1. The number of carbonyl (C=O) groups excluding carboxylic acids is 2. The molecule has 1 saturated heterocycles. The van der Waals surface area contributed by atoms with Gasteiger partial charge in [-0.2, -0.15) is 0 Å². The van der Waals surface area contributed by atoms with Crippen LogP contribution in [0.3, 0.4) is 0 Å². The molecule has 1 amide bonds. The van der Waals surface area contributed by atoms with Crippen LogP contribution in [0.5, 0.6) is 0 Å². The van der Waals surface area contributed by atoms with Gasteiger partial charge in [0, 0.05) is 25.1 Å². The second-order valence-corrected chi connectivity index (χ2v) is 5.60. The molecule has 1 aliphatic heterocycles. The zero-order valence-electron chi connectivity index (χ0n) is 13.4. The van der Waals surface area contributed by atoms with Gasteiger partial charge < -0.3 is 14.4 Å². The first kappa shape index (κ1) is 16.5. The minimum atomic E-state index is -1.30. The van der Waals surface area contributed by atoms with Crippen LogP contribution in [0.15, 0.2) is 30.3 Å². The van der Waals surface area contributed by atoms with Crippen molar-refractivity contribution in [2.75, 3.05) is 13.2 Å². The SMILES string of the molecule is CCO[C@@]1(C(=O)OC(C)C)CCCN1C(=O)c1ccccc1. The van der Waals surface area contributed by atoms with Crippen LogP contribution < -0.4 is 0 Å². The molecule has 1 fully saturated rings. The van der Waals surface area contributed by atoms with Gasteiger partial charge in [-0.05, 0) is 39.3 Å². The Morgan fingerprint density at radius 3 is 2.55 bits per heavy atom. The van der Waals surface area contributed by atoms with Crippen LogP contribution in [0.2, 0.25) is 0 Å². The molecule has 1 aromatic rings. The van der Waals surface area contributed by atoms with Crippen molar-refractivity contribution < 1.29 is 19.1 Å². The molecular weight excluding hydrogens is 282 g/mol. The highest BCUT2D eigenvalue weighted by atomic mass is 16.6. The first-order chi connectivity index (χ1) is 10.5. The number of benzene rings is 1. The molecule has 1 aromatic carbocycles. The van der Waals surface area contributed by atoms with Gasteiger partial charge in [0.05, 0.1) is 6.10 Å². The fourth-order valence-electron chi connectivity index (χ4n) is 2.76. The van der Waals surface area contributed by atoms with E-state index in [-0.39, 0.29) is 12.0 Å². The standard InChI is InChI=1S/C17H23NO4/c1-4-21-17(16(20)22-13(2)3)11-8-12-18(17)15(19)14-9-6-5-7-10-14/h5-7,9-10,13H,4,8,11-12H2,1-3H3/t17-/m1/s1. The summed E-state index contributed by atoms with van der Waals surface area (Å²) in [6.07, 6.45) is 0.926. The van der Waals surface area contributed by atoms with Crippen molar-refractivity contribution in [3.05, 3.63) is 35.9 Å². The molecule has 5 nitrogen and oxygen atoms in total. The quantitative estimate of drug-likeness (QED) is 0.785. The van der Waals surface area contributed by atoms with Gasteiger partial charge in [0.1, 0.15) is 0 Å². The van der Waals surface area contributed by atoms with Crippen LogP contribution in [0.25, 0.3) is 0 Å². The smallest absolute Gasteiger partial charge is 0.360 e. The van der Waals surface area contributed by atoms with Crippen molar-refractivity contribution in [3.8, 4) is 0 Å². The summed E-state index contributed by atoms with van der Waals surface area (Å²) in [5, 5.41) is 0. The van der Waals surface area contributed by atoms with E-state index in [0.717, 1.165) is 0 Å². The predicted molar refractivity (Wildman–Crippen MR) is 82.3 cm³/mol. The maximum atomic E-state index is 12.8. The third-order valence-electron chi connectivity index (χ3n) is 3.64. The number of carbonyl (C=O) groups is 2. The summed E-state index contributed by atoms with van der Waals surface area (Å²) >= 11 is 0. The Kier molecular flexibility index (Phi) is 5.19. The molecule has 5 heteroatoms. The van der Waals surface area contributed by atoms with Crippen molar-refractivity contribution in [2.24, 2.45) is 0 Å². The molecular formula is C17H23NO4. The highest BCUT2D eigenvalue weighted by Crippen LogP contribution is 2.33. The van der Waals surface area contributed by atoms with E-state index in [1.54, 1.807) is 38.1 Å². The van der Waals surface area contributed by atoms with Crippen molar-refractivity contribution in [1.29, 1.82) is 0 Å². The Morgan fingerprint density at radius 2 is 1.95 bits per heavy atom. The molecule has 1 aliphatic rings. The van der Waals surface area contributed by atoms with E-state index in [9.17, 15) is 9.59 Å². The van der Waals surface area contributed by atoms with E-state index in [4.69, 9.17) is 9.47 Å². The van der Waals surface area contributed by atoms with Gasteiger partial charge in [0.2, 0.25) is 5.72 Å². The molecule has 2 rings (SSSR count). The maximum Gasteiger partial charge on any atom is 0.360 e. The summed E-state index contributed by atoms with van der Waals surface area (Å²) in [4.78, 5) is 26.8. The topological polar surface area (TPSA) is 55.8 Å². The van der Waals surface area contributed by atoms with Crippen molar-refractivity contribution in [1.82, 2.24) is 4.90 Å². The molecule has 0 N–H and O–H groups in total. The van der Waals surface area contributed by atoms with Crippen LogP contribution in [-0.4, -0.2) is 41.8 Å². The molecule has 0 aromatic heterocycles. The van der Waals surface area contributed by atoms with Crippen LogP contribution in [-0.2, 0) is 14.3 Å². The van der Waals surface area contributed by atoms with E-state index in [1.165, 1.54) is 4.90 Å². The largest absolute Gasteiger partial charge is 0.459 e. The average molecular weight is 305 g/mol. The summed E-state index contributed by atoms with van der Waals surface area (Å²) in [5.41, 5.74) is -0.753. The van der Waals surface area contributed by atoms with Crippen molar-refractivity contribution in [3.63, 3.8) is 0 Å². The number of rotatable bonds is 5. The van der Waals surface area contributed by atoms with Gasteiger partial charge in [-0.1, -0.05) is 18.2 Å². The molecule has 0 spiro atoms.